The van der Waals surface area contributed by atoms with Gasteiger partial charge in [0.1, 0.15) is 5.75 Å². The number of nitrogens with one attached hydrogen (secondary N) is 1. The standard InChI is InChI=1S/C14H19IN2O/c1-11-13-3-2-12(17-7-5-16-6-8-17)10-14(13)18-9-4-15-11/h2-3,10,16H,4-9H2,1H3. The van der Waals surface area contributed by atoms with Gasteiger partial charge in [-0.3, -0.25) is 0 Å². The van der Waals surface area contributed by atoms with Gasteiger partial charge >= 0.3 is 0 Å². The van der Waals surface area contributed by atoms with Gasteiger partial charge in [0, 0.05) is 47.9 Å². The number of hydrogen-bond acceptors (Lipinski definition) is 3. The topological polar surface area (TPSA) is 24.5 Å². The first-order valence-electron chi connectivity index (χ1n) is 6.50. The predicted octanol–water partition coefficient (Wildman–Crippen LogP) is 2.00. The molecule has 1 saturated heterocycles. The summed E-state index contributed by atoms with van der Waals surface area (Å²) >= 11 is 0.178. The van der Waals surface area contributed by atoms with Crippen LogP contribution in [0.3, 0.4) is 0 Å². The largest absolute Gasteiger partial charge is 0.492 e. The van der Waals surface area contributed by atoms with Crippen molar-refractivity contribution in [1.29, 1.82) is 0 Å². The van der Waals surface area contributed by atoms with Crippen LogP contribution in [-0.4, -0.2) is 40.7 Å². The maximum absolute atomic E-state index is 5.91. The lowest BCUT2D eigenvalue weighted by atomic mass is 10.1. The van der Waals surface area contributed by atoms with Crippen molar-refractivity contribution in [2.24, 2.45) is 0 Å². The highest BCUT2D eigenvalue weighted by Crippen LogP contribution is 2.30. The van der Waals surface area contributed by atoms with Gasteiger partial charge in [0.25, 0.3) is 0 Å². The molecule has 4 heteroatoms. The van der Waals surface area contributed by atoms with Gasteiger partial charge in [0.2, 0.25) is 0 Å². The molecule has 0 amide bonds. The van der Waals surface area contributed by atoms with Gasteiger partial charge in [-0.25, -0.2) is 0 Å². The monoisotopic (exact) mass is 358 g/mol. The highest BCUT2D eigenvalue weighted by Gasteiger charge is 2.15. The number of hydrogen-bond donors (Lipinski definition) is 1. The second-order valence-electron chi connectivity index (χ2n) is 4.62. The van der Waals surface area contributed by atoms with E-state index < -0.39 is 0 Å². The fraction of sp³-hybridized carbons (Fsp3) is 0.500. The maximum atomic E-state index is 5.91. The average Bonchev–Trinajstić information content (AvgIpc) is 2.61. The molecule has 0 aromatic heterocycles. The van der Waals surface area contributed by atoms with E-state index >= 15 is 0 Å². The Hall–Kier alpha value is -0.620. The Morgan fingerprint density at radius 2 is 2.11 bits per heavy atom. The number of benzene rings is 1. The van der Waals surface area contributed by atoms with Crippen LogP contribution in [0.5, 0.6) is 5.75 Å². The summed E-state index contributed by atoms with van der Waals surface area (Å²) in [5.41, 5.74) is 2.65. The van der Waals surface area contributed by atoms with Crippen molar-refractivity contribution in [3.05, 3.63) is 23.8 Å². The van der Waals surface area contributed by atoms with Gasteiger partial charge in [0.15, 0.2) is 0 Å². The van der Waals surface area contributed by atoms with Gasteiger partial charge in [0.05, 0.1) is 6.61 Å². The summed E-state index contributed by atoms with van der Waals surface area (Å²) in [6.07, 6.45) is 0. The molecule has 0 bridgehead atoms. The molecule has 18 heavy (non-hydrogen) atoms. The smallest absolute Gasteiger partial charge is 0.129 e. The number of rotatable bonds is 1. The second kappa shape index (κ2) is 5.57. The summed E-state index contributed by atoms with van der Waals surface area (Å²) in [5.74, 6) is 1.10. The molecule has 2 heterocycles. The molecule has 1 aromatic carbocycles. The van der Waals surface area contributed by atoms with Crippen molar-refractivity contribution in [3.63, 3.8) is 0 Å². The third-order valence-corrected chi connectivity index (χ3v) is 6.15. The molecule has 0 saturated carbocycles. The number of anilines is 1. The number of nitrogens with zero attached hydrogens (tertiary/aromatic N) is 1. The normalized spacial score (nSPS) is 20.1. The Labute approximate surface area is 118 Å². The molecule has 0 atom stereocenters. The van der Waals surface area contributed by atoms with E-state index in [0.717, 1.165) is 38.5 Å². The lowest BCUT2D eigenvalue weighted by Crippen LogP contribution is -2.43. The van der Waals surface area contributed by atoms with E-state index in [1.165, 1.54) is 15.7 Å². The van der Waals surface area contributed by atoms with Crippen LogP contribution in [0.25, 0.3) is 0 Å². The molecule has 0 radical (unpaired) electrons. The zero-order valence-electron chi connectivity index (χ0n) is 10.7. The molecule has 3 rings (SSSR count). The fourth-order valence-corrected chi connectivity index (χ4v) is 4.54. The van der Waals surface area contributed by atoms with Crippen molar-refractivity contribution in [3.8, 4) is 5.75 Å². The van der Waals surface area contributed by atoms with E-state index in [9.17, 15) is 0 Å². The highest BCUT2D eigenvalue weighted by atomic mass is 127. The first-order chi connectivity index (χ1) is 8.84. The molecular formula is C14H19IN2O. The average molecular weight is 358 g/mol. The third-order valence-electron chi connectivity index (χ3n) is 3.45. The molecule has 1 aromatic rings. The van der Waals surface area contributed by atoms with Gasteiger partial charge < -0.3 is 15.0 Å². The van der Waals surface area contributed by atoms with Crippen molar-refractivity contribution in [2.75, 3.05) is 42.1 Å². The molecule has 1 N–H and O–H groups in total. The Bertz CT molecular complexity index is 467. The Kier molecular flexibility index (Phi) is 3.84. The van der Waals surface area contributed by atoms with Crippen molar-refractivity contribution in [2.45, 2.75) is 6.92 Å². The molecule has 2 aliphatic rings. The van der Waals surface area contributed by atoms with E-state index in [-0.39, 0.29) is 20.7 Å². The molecule has 0 aliphatic carbocycles. The minimum Gasteiger partial charge on any atom is -0.492 e. The van der Waals surface area contributed by atoms with Crippen LogP contribution in [0, 0.1) is 0 Å². The first kappa shape index (κ1) is 12.4. The van der Waals surface area contributed by atoms with E-state index in [2.05, 4.69) is 35.3 Å². The van der Waals surface area contributed by atoms with Crippen LogP contribution >= 0.6 is 20.7 Å². The van der Waals surface area contributed by atoms with Gasteiger partial charge in [-0.05, 0) is 22.6 Å². The van der Waals surface area contributed by atoms with Gasteiger partial charge in [-0.15, -0.1) is 20.7 Å². The molecule has 98 valence electrons. The molecule has 1 fully saturated rings. The SMILES string of the molecule is CC1=ICCOc2cc(N3CCNCC3)ccc21. The van der Waals surface area contributed by atoms with Crippen molar-refractivity contribution < 1.29 is 4.74 Å². The number of piperazine rings is 1. The van der Waals surface area contributed by atoms with Gasteiger partial charge in [-0.2, -0.15) is 0 Å². The Morgan fingerprint density at radius 3 is 2.94 bits per heavy atom. The van der Waals surface area contributed by atoms with Crippen LogP contribution in [0.15, 0.2) is 18.2 Å². The summed E-state index contributed by atoms with van der Waals surface area (Å²) in [7, 11) is 0. The predicted molar refractivity (Wildman–Crippen MR) is 85.7 cm³/mol. The van der Waals surface area contributed by atoms with E-state index in [4.69, 9.17) is 4.74 Å². The number of halogens is 1. The maximum Gasteiger partial charge on any atom is 0.129 e. The van der Waals surface area contributed by atoms with E-state index in [0.29, 0.717) is 0 Å². The van der Waals surface area contributed by atoms with Crippen molar-refractivity contribution >= 4 is 29.9 Å². The quantitative estimate of drug-likeness (QED) is 0.614. The zero-order chi connectivity index (χ0) is 12.4. The number of alkyl halides is 1. The molecule has 0 unspecified atom stereocenters. The Balaban J connectivity index is 1.90. The molecular weight excluding hydrogens is 339 g/mol. The fourth-order valence-electron chi connectivity index (χ4n) is 2.44. The second-order valence-corrected chi connectivity index (χ2v) is 8.08. The van der Waals surface area contributed by atoms with Crippen molar-refractivity contribution in [1.82, 2.24) is 5.32 Å². The lowest BCUT2D eigenvalue weighted by molar-refractivity contribution is 0.346. The van der Waals surface area contributed by atoms with E-state index in [1.54, 1.807) is 3.51 Å². The minimum absolute atomic E-state index is 0.178. The third kappa shape index (κ3) is 2.54. The first-order valence-corrected chi connectivity index (χ1v) is 9.10. The summed E-state index contributed by atoms with van der Waals surface area (Å²) in [6.45, 7) is 7.50. The summed E-state index contributed by atoms with van der Waals surface area (Å²) in [4.78, 5) is 2.44. The number of ether oxygens (including phenoxy) is 1. The molecule has 0 spiro atoms. The van der Waals surface area contributed by atoms with Crippen LogP contribution in [0.1, 0.15) is 12.5 Å². The summed E-state index contributed by atoms with van der Waals surface area (Å²) < 4.78 is 8.72. The van der Waals surface area contributed by atoms with Gasteiger partial charge in [-0.1, -0.05) is 0 Å². The molecule has 3 nitrogen and oxygen atoms in total. The summed E-state index contributed by atoms with van der Waals surface area (Å²) in [6, 6.07) is 6.75. The molecule has 2 aliphatic heterocycles. The Morgan fingerprint density at radius 1 is 1.28 bits per heavy atom. The van der Waals surface area contributed by atoms with Crippen LogP contribution < -0.4 is 15.0 Å². The summed E-state index contributed by atoms with van der Waals surface area (Å²) in [5, 5.41) is 3.39. The minimum atomic E-state index is 0.178. The van der Waals surface area contributed by atoms with Crippen LogP contribution in [0.4, 0.5) is 5.69 Å². The van der Waals surface area contributed by atoms with E-state index in [1.807, 2.05) is 0 Å². The zero-order valence-corrected chi connectivity index (χ0v) is 12.9. The van der Waals surface area contributed by atoms with Crippen LogP contribution in [-0.2, 0) is 0 Å². The number of fused-ring (bicyclic) bond motifs is 1. The lowest BCUT2D eigenvalue weighted by Gasteiger charge is -2.30. The van der Waals surface area contributed by atoms with Crippen LogP contribution in [0.2, 0.25) is 0 Å². The highest BCUT2D eigenvalue weighted by molar-refractivity contribution is 14.2.